The van der Waals surface area contributed by atoms with Crippen LogP contribution in [0.3, 0.4) is 0 Å². The molecule has 0 atom stereocenters. The van der Waals surface area contributed by atoms with Crippen molar-refractivity contribution in [2.45, 2.75) is 38.0 Å². The average Bonchev–Trinajstić information content (AvgIpc) is 3.01. The second-order valence-corrected chi connectivity index (χ2v) is 8.98. The molecule has 0 bridgehead atoms. The molecule has 1 aliphatic heterocycles. The summed E-state index contributed by atoms with van der Waals surface area (Å²) in [5, 5.41) is 2.84. The maximum Gasteiger partial charge on any atom is 0.252 e. The number of hydrogen-bond acceptors (Lipinski definition) is 3. The summed E-state index contributed by atoms with van der Waals surface area (Å²) in [6, 6.07) is 4.63. The standard InChI is InChI=1S/C16H23BrN2O3S/c1-12(2)7-8-18-16(20)14-11-13(5-6-15(14)17)23(21,22)19-9-3-4-10-19/h5-6,11-12H,3-4,7-10H2,1-2H3,(H,18,20). The molecule has 1 N–H and O–H groups in total. The molecule has 0 unspecified atom stereocenters. The van der Waals surface area contributed by atoms with Crippen LogP contribution in [-0.2, 0) is 10.0 Å². The van der Waals surface area contributed by atoms with Gasteiger partial charge in [-0.25, -0.2) is 8.42 Å². The SMILES string of the molecule is CC(C)CCNC(=O)c1cc(S(=O)(=O)N2CCCC2)ccc1Br. The van der Waals surface area contributed by atoms with Gasteiger partial charge < -0.3 is 5.32 Å². The molecular weight excluding hydrogens is 380 g/mol. The number of carbonyl (C=O) groups excluding carboxylic acids is 1. The van der Waals surface area contributed by atoms with Gasteiger partial charge in [0.05, 0.1) is 10.5 Å². The van der Waals surface area contributed by atoms with E-state index in [-0.39, 0.29) is 10.8 Å². The summed E-state index contributed by atoms with van der Waals surface area (Å²) < 4.78 is 27.3. The molecule has 1 heterocycles. The molecule has 1 amide bonds. The third-order valence-electron chi connectivity index (χ3n) is 3.89. The summed E-state index contributed by atoms with van der Waals surface area (Å²) in [7, 11) is -3.51. The molecule has 0 radical (unpaired) electrons. The van der Waals surface area contributed by atoms with E-state index in [4.69, 9.17) is 0 Å². The molecule has 2 rings (SSSR count). The van der Waals surface area contributed by atoms with E-state index >= 15 is 0 Å². The summed E-state index contributed by atoms with van der Waals surface area (Å²) in [5.41, 5.74) is 0.356. The van der Waals surface area contributed by atoms with Gasteiger partial charge >= 0.3 is 0 Å². The van der Waals surface area contributed by atoms with Gasteiger partial charge in [0.25, 0.3) is 5.91 Å². The van der Waals surface area contributed by atoms with Crippen LogP contribution in [0.5, 0.6) is 0 Å². The quantitative estimate of drug-likeness (QED) is 0.794. The van der Waals surface area contributed by atoms with E-state index in [0.29, 0.717) is 35.6 Å². The lowest BCUT2D eigenvalue weighted by molar-refractivity contribution is 0.0951. The summed E-state index contributed by atoms with van der Waals surface area (Å²) in [5.74, 6) is 0.247. The highest BCUT2D eigenvalue weighted by Gasteiger charge is 2.28. The second-order valence-electron chi connectivity index (χ2n) is 6.19. The number of nitrogens with zero attached hydrogens (tertiary/aromatic N) is 1. The fourth-order valence-corrected chi connectivity index (χ4v) is 4.46. The van der Waals surface area contributed by atoms with Crippen molar-refractivity contribution < 1.29 is 13.2 Å². The van der Waals surface area contributed by atoms with Crippen LogP contribution < -0.4 is 5.32 Å². The van der Waals surface area contributed by atoms with Crippen LogP contribution in [0, 0.1) is 5.92 Å². The predicted molar refractivity (Wildman–Crippen MR) is 93.9 cm³/mol. The van der Waals surface area contributed by atoms with Gasteiger partial charge in [-0.05, 0) is 59.3 Å². The van der Waals surface area contributed by atoms with Crippen molar-refractivity contribution in [1.29, 1.82) is 0 Å². The predicted octanol–water partition coefficient (Wildman–Crippen LogP) is 3.01. The van der Waals surface area contributed by atoms with E-state index < -0.39 is 10.0 Å². The third-order valence-corrected chi connectivity index (χ3v) is 6.48. The van der Waals surface area contributed by atoms with Gasteiger partial charge in [-0.1, -0.05) is 13.8 Å². The zero-order valence-corrected chi connectivity index (χ0v) is 15.9. The van der Waals surface area contributed by atoms with Crippen LogP contribution in [0.4, 0.5) is 0 Å². The van der Waals surface area contributed by atoms with E-state index in [1.54, 1.807) is 12.1 Å². The smallest absolute Gasteiger partial charge is 0.252 e. The molecular formula is C16H23BrN2O3S. The van der Waals surface area contributed by atoms with Gasteiger partial charge in [0, 0.05) is 24.1 Å². The van der Waals surface area contributed by atoms with Gasteiger partial charge in [-0.15, -0.1) is 0 Å². The average molecular weight is 403 g/mol. The molecule has 0 aromatic heterocycles. The molecule has 0 aliphatic carbocycles. The molecule has 1 aliphatic rings. The zero-order chi connectivity index (χ0) is 17.0. The molecule has 128 valence electrons. The summed E-state index contributed by atoms with van der Waals surface area (Å²) in [6.07, 6.45) is 2.66. The summed E-state index contributed by atoms with van der Waals surface area (Å²) >= 11 is 3.33. The van der Waals surface area contributed by atoms with Crippen molar-refractivity contribution in [3.05, 3.63) is 28.2 Å². The van der Waals surface area contributed by atoms with Crippen molar-refractivity contribution in [2.24, 2.45) is 5.92 Å². The van der Waals surface area contributed by atoms with Crippen LogP contribution in [0.1, 0.15) is 43.5 Å². The van der Waals surface area contributed by atoms with Crippen molar-refractivity contribution in [3.63, 3.8) is 0 Å². The Labute approximate surface area is 146 Å². The highest BCUT2D eigenvalue weighted by atomic mass is 79.9. The Hall–Kier alpha value is -0.920. The third kappa shape index (κ3) is 4.55. The van der Waals surface area contributed by atoms with Crippen LogP contribution in [-0.4, -0.2) is 38.3 Å². The number of sulfonamides is 1. The minimum atomic E-state index is -3.51. The van der Waals surface area contributed by atoms with Crippen LogP contribution >= 0.6 is 15.9 Å². The van der Waals surface area contributed by atoms with E-state index in [0.717, 1.165) is 19.3 Å². The number of carbonyl (C=O) groups is 1. The van der Waals surface area contributed by atoms with Gasteiger partial charge in [0.15, 0.2) is 0 Å². The number of halogens is 1. The lowest BCUT2D eigenvalue weighted by atomic mass is 10.1. The highest BCUT2D eigenvalue weighted by molar-refractivity contribution is 9.10. The largest absolute Gasteiger partial charge is 0.352 e. The van der Waals surface area contributed by atoms with E-state index in [1.807, 2.05) is 0 Å². The van der Waals surface area contributed by atoms with E-state index in [1.165, 1.54) is 10.4 Å². The topological polar surface area (TPSA) is 66.5 Å². The first-order valence-electron chi connectivity index (χ1n) is 7.90. The Morgan fingerprint density at radius 1 is 1.30 bits per heavy atom. The molecule has 1 saturated heterocycles. The van der Waals surface area contributed by atoms with Gasteiger partial charge in [-0.3, -0.25) is 4.79 Å². The molecule has 5 nitrogen and oxygen atoms in total. The van der Waals surface area contributed by atoms with Crippen molar-refractivity contribution in [3.8, 4) is 0 Å². The normalized spacial score (nSPS) is 16.0. The second kappa shape index (κ2) is 7.77. The number of nitrogens with one attached hydrogen (secondary N) is 1. The Morgan fingerprint density at radius 3 is 2.57 bits per heavy atom. The first-order chi connectivity index (χ1) is 10.8. The molecule has 1 fully saturated rings. The molecule has 1 aromatic rings. The van der Waals surface area contributed by atoms with Crippen LogP contribution in [0.25, 0.3) is 0 Å². The maximum absolute atomic E-state index is 12.6. The first kappa shape index (κ1) is 18.4. The fourth-order valence-electron chi connectivity index (χ4n) is 2.49. The number of hydrogen-bond donors (Lipinski definition) is 1. The van der Waals surface area contributed by atoms with Crippen molar-refractivity contribution >= 4 is 31.9 Å². The Balaban J connectivity index is 2.20. The Kier molecular flexibility index (Phi) is 6.22. The molecule has 0 saturated carbocycles. The number of amides is 1. The lowest BCUT2D eigenvalue weighted by Gasteiger charge is -2.16. The van der Waals surface area contributed by atoms with Gasteiger partial charge in [0.1, 0.15) is 0 Å². The number of rotatable bonds is 6. The highest BCUT2D eigenvalue weighted by Crippen LogP contribution is 2.25. The first-order valence-corrected chi connectivity index (χ1v) is 10.1. The Bertz CT molecular complexity index is 668. The van der Waals surface area contributed by atoms with E-state index in [9.17, 15) is 13.2 Å². The van der Waals surface area contributed by atoms with Crippen molar-refractivity contribution in [1.82, 2.24) is 9.62 Å². The molecule has 23 heavy (non-hydrogen) atoms. The zero-order valence-electron chi connectivity index (χ0n) is 13.5. The summed E-state index contributed by atoms with van der Waals surface area (Å²) in [6.45, 7) is 5.85. The lowest BCUT2D eigenvalue weighted by Crippen LogP contribution is -2.29. The van der Waals surface area contributed by atoms with Gasteiger partial charge in [0.2, 0.25) is 10.0 Å². The number of benzene rings is 1. The summed E-state index contributed by atoms with van der Waals surface area (Å²) in [4.78, 5) is 12.5. The maximum atomic E-state index is 12.6. The minimum absolute atomic E-state index is 0.177. The van der Waals surface area contributed by atoms with E-state index in [2.05, 4.69) is 35.1 Å². The van der Waals surface area contributed by atoms with Crippen molar-refractivity contribution in [2.75, 3.05) is 19.6 Å². The van der Waals surface area contributed by atoms with Crippen LogP contribution in [0.15, 0.2) is 27.6 Å². The molecule has 0 spiro atoms. The minimum Gasteiger partial charge on any atom is -0.352 e. The fraction of sp³-hybridized carbons (Fsp3) is 0.562. The van der Waals surface area contributed by atoms with Crippen LogP contribution in [0.2, 0.25) is 0 Å². The molecule has 1 aromatic carbocycles. The van der Waals surface area contributed by atoms with Gasteiger partial charge in [-0.2, -0.15) is 4.31 Å². The molecule has 7 heteroatoms. The monoisotopic (exact) mass is 402 g/mol. The Morgan fingerprint density at radius 2 is 1.96 bits per heavy atom.